The fraction of sp³-hybridized carbons (Fsp3) is 0.308. The minimum absolute atomic E-state index is 0.0821. The van der Waals surface area contributed by atoms with Crippen LogP contribution in [0, 0.1) is 0 Å². The van der Waals surface area contributed by atoms with E-state index in [-0.39, 0.29) is 18.4 Å². The lowest BCUT2D eigenvalue weighted by Crippen LogP contribution is -2.14. The number of rotatable bonds is 6. The fourth-order valence-corrected chi connectivity index (χ4v) is 1.74. The molecule has 0 saturated heterocycles. The molecule has 5 nitrogen and oxygen atoms in total. The molecule has 1 rings (SSSR count). The zero-order valence-corrected chi connectivity index (χ0v) is 11.3. The van der Waals surface area contributed by atoms with E-state index in [0.29, 0.717) is 10.7 Å². The Labute approximate surface area is 116 Å². The van der Waals surface area contributed by atoms with E-state index in [4.69, 9.17) is 22.4 Å². The van der Waals surface area contributed by atoms with E-state index in [1.165, 1.54) is 0 Å². The standard InChI is InChI=1S/C13H15NO4S/c1-2-8-3-4-10(9(7-8)13(17)18)14-11(19)5-6-12(15)16/h3-4,7H,2,5-6H2,1H3,(H,14,19)(H,15,16)(H,17,18). The molecule has 102 valence electrons. The van der Waals surface area contributed by atoms with Gasteiger partial charge in [0.25, 0.3) is 0 Å². The van der Waals surface area contributed by atoms with Crippen LogP contribution in [0.1, 0.15) is 35.7 Å². The van der Waals surface area contributed by atoms with Gasteiger partial charge in [-0.25, -0.2) is 4.79 Å². The molecule has 0 unspecified atom stereocenters. The van der Waals surface area contributed by atoms with E-state index in [2.05, 4.69) is 5.32 Å². The van der Waals surface area contributed by atoms with Gasteiger partial charge in [0.05, 0.1) is 22.7 Å². The predicted molar refractivity (Wildman–Crippen MR) is 75.9 cm³/mol. The smallest absolute Gasteiger partial charge is 0.337 e. The number of aliphatic carboxylic acids is 1. The van der Waals surface area contributed by atoms with Crippen molar-refractivity contribution < 1.29 is 19.8 Å². The van der Waals surface area contributed by atoms with E-state index in [1.807, 2.05) is 13.0 Å². The second kappa shape index (κ2) is 6.84. The number of carboxylic acids is 2. The third-order valence-corrected chi connectivity index (χ3v) is 2.87. The molecule has 1 aromatic rings. The molecule has 0 aliphatic heterocycles. The van der Waals surface area contributed by atoms with Crippen molar-refractivity contribution in [3.63, 3.8) is 0 Å². The Kier molecular flexibility index (Phi) is 5.44. The van der Waals surface area contributed by atoms with Crippen LogP contribution in [-0.4, -0.2) is 27.1 Å². The molecule has 0 bridgehead atoms. The Hall–Kier alpha value is -1.95. The summed E-state index contributed by atoms with van der Waals surface area (Å²) < 4.78 is 0. The number of hydrogen-bond donors (Lipinski definition) is 3. The number of aryl methyl sites for hydroxylation is 1. The number of carboxylic acid groups (broad SMARTS) is 2. The fourth-order valence-electron chi connectivity index (χ4n) is 1.53. The van der Waals surface area contributed by atoms with Gasteiger partial charge < -0.3 is 15.5 Å². The average Bonchev–Trinajstić information content (AvgIpc) is 2.36. The molecule has 0 saturated carbocycles. The predicted octanol–water partition coefficient (Wildman–Crippen LogP) is 2.55. The molecule has 0 spiro atoms. The van der Waals surface area contributed by atoms with Crippen LogP contribution in [0.4, 0.5) is 5.69 Å². The van der Waals surface area contributed by atoms with Gasteiger partial charge in [-0.2, -0.15) is 0 Å². The quantitative estimate of drug-likeness (QED) is 0.695. The van der Waals surface area contributed by atoms with Crippen LogP contribution in [0.3, 0.4) is 0 Å². The summed E-state index contributed by atoms with van der Waals surface area (Å²) in [4.78, 5) is 21.9. The Balaban J connectivity index is 2.85. The normalized spacial score (nSPS) is 9.95. The van der Waals surface area contributed by atoms with E-state index in [0.717, 1.165) is 12.0 Å². The van der Waals surface area contributed by atoms with E-state index >= 15 is 0 Å². The minimum atomic E-state index is -1.04. The molecule has 0 fully saturated rings. The first-order valence-corrected chi connectivity index (χ1v) is 6.22. The van der Waals surface area contributed by atoms with E-state index < -0.39 is 11.9 Å². The van der Waals surface area contributed by atoms with Crippen molar-refractivity contribution in [1.29, 1.82) is 0 Å². The topological polar surface area (TPSA) is 86.6 Å². The monoisotopic (exact) mass is 281 g/mol. The lowest BCUT2D eigenvalue weighted by molar-refractivity contribution is -0.136. The second-order valence-corrected chi connectivity index (χ2v) is 4.47. The number of carbonyl (C=O) groups is 2. The van der Waals surface area contributed by atoms with Gasteiger partial charge in [-0.15, -0.1) is 0 Å². The lowest BCUT2D eigenvalue weighted by Gasteiger charge is -2.11. The highest BCUT2D eigenvalue weighted by Gasteiger charge is 2.12. The largest absolute Gasteiger partial charge is 0.481 e. The molecule has 1 aromatic carbocycles. The highest BCUT2D eigenvalue weighted by Crippen LogP contribution is 2.19. The molecular weight excluding hydrogens is 266 g/mol. The van der Waals surface area contributed by atoms with Crippen molar-refractivity contribution in [2.24, 2.45) is 0 Å². The third kappa shape index (κ3) is 4.67. The summed E-state index contributed by atoms with van der Waals surface area (Å²) in [7, 11) is 0. The molecule has 0 atom stereocenters. The van der Waals surface area contributed by atoms with Gasteiger partial charge in [-0.05, 0) is 24.1 Å². The van der Waals surface area contributed by atoms with Gasteiger partial charge in [-0.3, -0.25) is 4.79 Å². The first-order chi connectivity index (χ1) is 8.93. The minimum Gasteiger partial charge on any atom is -0.481 e. The third-order valence-electron chi connectivity index (χ3n) is 2.56. The summed E-state index contributed by atoms with van der Waals surface area (Å²) in [6.45, 7) is 1.94. The first kappa shape index (κ1) is 15.1. The number of aromatic carboxylic acids is 1. The van der Waals surface area contributed by atoms with Crippen LogP contribution in [0.5, 0.6) is 0 Å². The van der Waals surface area contributed by atoms with Crippen LogP contribution < -0.4 is 5.32 Å². The van der Waals surface area contributed by atoms with E-state index in [9.17, 15) is 9.59 Å². The Morgan fingerprint density at radius 3 is 2.47 bits per heavy atom. The molecule has 0 aliphatic rings. The summed E-state index contributed by atoms with van der Waals surface area (Å²) in [5, 5.41) is 20.5. The number of anilines is 1. The highest BCUT2D eigenvalue weighted by molar-refractivity contribution is 7.80. The van der Waals surface area contributed by atoms with Crippen molar-refractivity contribution in [1.82, 2.24) is 0 Å². The van der Waals surface area contributed by atoms with Crippen molar-refractivity contribution in [3.05, 3.63) is 29.3 Å². The molecular formula is C13H15NO4S. The van der Waals surface area contributed by atoms with Crippen LogP contribution in [0.25, 0.3) is 0 Å². The van der Waals surface area contributed by atoms with Gasteiger partial charge in [0.1, 0.15) is 0 Å². The van der Waals surface area contributed by atoms with Gasteiger partial charge in [0.15, 0.2) is 0 Å². The molecule has 0 radical (unpaired) electrons. The lowest BCUT2D eigenvalue weighted by atomic mass is 10.1. The SMILES string of the molecule is CCc1ccc(NC(=S)CCC(=O)O)c(C(=O)O)c1. The number of nitrogens with one attached hydrogen (secondary N) is 1. The first-order valence-electron chi connectivity index (χ1n) is 5.82. The molecule has 19 heavy (non-hydrogen) atoms. The average molecular weight is 281 g/mol. The number of benzene rings is 1. The van der Waals surface area contributed by atoms with Crippen LogP contribution in [0.2, 0.25) is 0 Å². The molecule has 0 heterocycles. The summed E-state index contributed by atoms with van der Waals surface area (Å²) >= 11 is 4.99. The van der Waals surface area contributed by atoms with Crippen molar-refractivity contribution >= 4 is 34.8 Å². The van der Waals surface area contributed by atoms with Crippen LogP contribution in [0.15, 0.2) is 18.2 Å². The maximum Gasteiger partial charge on any atom is 0.337 e. The van der Waals surface area contributed by atoms with E-state index in [1.54, 1.807) is 12.1 Å². The van der Waals surface area contributed by atoms with Crippen LogP contribution in [-0.2, 0) is 11.2 Å². The summed E-state index contributed by atoms with van der Waals surface area (Å²) in [6.07, 6.45) is 0.838. The van der Waals surface area contributed by atoms with Gasteiger partial charge >= 0.3 is 11.9 Å². The van der Waals surface area contributed by atoms with Crippen molar-refractivity contribution in [2.75, 3.05) is 5.32 Å². The van der Waals surface area contributed by atoms with Gasteiger partial charge in [0, 0.05) is 6.42 Å². The van der Waals surface area contributed by atoms with Gasteiger partial charge in [-0.1, -0.05) is 25.2 Å². The second-order valence-electron chi connectivity index (χ2n) is 3.98. The van der Waals surface area contributed by atoms with Gasteiger partial charge in [0.2, 0.25) is 0 Å². The zero-order valence-electron chi connectivity index (χ0n) is 10.5. The summed E-state index contributed by atoms with van der Waals surface area (Å²) in [5.41, 5.74) is 1.44. The highest BCUT2D eigenvalue weighted by atomic mass is 32.1. The maximum absolute atomic E-state index is 11.2. The molecule has 0 aromatic heterocycles. The summed E-state index contributed by atoms with van der Waals surface area (Å²) in [5.74, 6) is -1.98. The number of hydrogen-bond acceptors (Lipinski definition) is 3. The van der Waals surface area contributed by atoms with Crippen molar-refractivity contribution in [3.8, 4) is 0 Å². The zero-order chi connectivity index (χ0) is 14.4. The Morgan fingerprint density at radius 2 is 1.95 bits per heavy atom. The van der Waals surface area contributed by atoms with Crippen LogP contribution >= 0.6 is 12.2 Å². The maximum atomic E-state index is 11.2. The molecule has 0 aliphatic carbocycles. The Morgan fingerprint density at radius 1 is 1.26 bits per heavy atom. The van der Waals surface area contributed by atoms with Crippen molar-refractivity contribution in [2.45, 2.75) is 26.2 Å². The molecule has 3 N–H and O–H groups in total. The Bertz CT molecular complexity index is 513. The number of thiocarbonyl (C=S) groups is 1. The summed E-state index contributed by atoms with van der Waals surface area (Å²) in [6, 6.07) is 5.05. The molecule has 6 heteroatoms. The molecule has 0 amide bonds.